The molecule has 1 aromatic carbocycles. The van der Waals surface area contributed by atoms with Crippen molar-refractivity contribution in [3.05, 3.63) is 35.5 Å². The Bertz CT molecular complexity index is 530. The molecular weight excluding hydrogens is 214 g/mol. The molecule has 1 amide bonds. The summed E-state index contributed by atoms with van der Waals surface area (Å²) in [5.74, 6) is -0.0766. The molecule has 4 heteroatoms. The van der Waals surface area contributed by atoms with E-state index < -0.39 is 0 Å². The molecule has 0 aliphatic carbocycles. The first kappa shape index (κ1) is 11.7. The Labute approximate surface area is 100 Å². The van der Waals surface area contributed by atoms with Crippen molar-refractivity contribution >= 4 is 16.8 Å². The van der Waals surface area contributed by atoms with Gasteiger partial charge in [0.15, 0.2) is 0 Å². The molecule has 0 saturated heterocycles. The van der Waals surface area contributed by atoms with E-state index in [-0.39, 0.29) is 5.91 Å². The molecule has 0 aliphatic rings. The maximum absolute atomic E-state index is 11.8. The number of benzene rings is 1. The fraction of sp³-hybridized carbons (Fsp3) is 0.308. The molecule has 2 aromatic rings. The summed E-state index contributed by atoms with van der Waals surface area (Å²) in [6, 6.07) is 7.95. The molecule has 0 radical (unpaired) electrons. The molecule has 0 atom stereocenters. The van der Waals surface area contributed by atoms with Gasteiger partial charge in [-0.2, -0.15) is 0 Å². The number of amides is 1. The summed E-state index contributed by atoms with van der Waals surface area (Å²) in [6.45, 7) is 3.23. The highest BCUT2D eigenvalue weighted by Crippen LogP contribution is 2.16. The smallest absolute Gasteiger partial charge is 0.267 e. The SMILES string of the molecule is Cc1ccc2cc(C(=O)NCCCN)[nH]c2c1. The van der Waals surface area contributed by atoms with E-state index in [0.717, 1.165) is 17.3 Å². The van der Waals surface area contributed by atoms with Crippen LogP contribution in [0.1, 0.15) is 22.5 Å². The fourth-order valence-corrected chi connectivity index (χ4v) is 1.76. The lowest BCUT2D eigenvalue weighted by molar-refractivity contribution is 0.0949. The standard InChI is InChI=1S/C13H17N3O/c1-9-3-4-10-8-12(16-11(10)7-9)13(17)15-6-2-5-14/h3-4,7-8,16H,2,5-6,14H2,1H3,(H,15,17). The molecule has 0 fully saturated rings. The van der Waals surface area contributed by atoms with Crippen LogP contribution in [0.2, 0.25) is 0 Å². The van der Waals surface area contributed by atoms with Crippen LogP contribution in [0, 0.1) is 6.92 Å². The van der Waals surface area contributed by atoms with Crippen molar-refractivity contribution < 1.29 is 4.79 Å². The minimum Gasteiger partial charge on any atom is -0.351 e. The number of rotatable bonds is 4. The van der Waals surface area contributed by atoms with E-state index >= 15 is 0 Å². The highest BCUT2D eigenvalue weighted by atomic mass is 16.1. The Morgan fingerprint density at radius 3 is 3.00 bits per heavy atom. The molecule has 90 valence electrons. The monoisotopic (exact) mass is 231 g/mol. The average Bonchev–Trinajstić information content (AvgIpc) is 2.72. The average molecular weight is 231 g/mol. The lowest BCUT2D eigenvalue weighted by Crippen LogP contribution is -2.26. The number of fused-ring (bicyclic) bond motifs is 1. The third-order valence-corrected chi connectivity index (χ3v) is 2.69. The highest BCUT2D eigenvalue weighted by molar-refractivity contribution is 5.98. The molecule has 0 unspecified atom stereocenters. The molecule has 4 nitrogen and oxygen atoms in total. The van der Waals surface area contributed by atoms with Crippen LogP contribution in [0.25, 0.3) is 10.9 Å². The Morgan fingerprint density at radius 1 is 1.41 bits per heavy atom. The van der Waals surface area contributed by atoms with Crippen molar-refractivity contribution in [1.29, 1.82) is 0 Å². The summed E-state index contributed by atoms with van der Waals surface area (Å²) in [4.78, 5) is 14.9. The Morgan fingerprint density at radius 2 is 2.24 bits per heavy atom. The molecule has 17 heavy (non-hydrogen) atoms. The van der Waals surface area contributed by atoms with Crippen molar-refractivity contribution in [3.63, 3.8) is 0 Å². The lowest BCUT2D eigenvalue weighted by atomic mass is 10.2. The Hall–Kier alpha value is -1.81. The lowest BCUT2D eigenvalue weighted by Gasteiger charge is -2.01. The summed E-state index contributed by atoms with van der Waals surface area (Å²) in [5, 5.41) is 3.88. The van der Waals surface area contributed by atoms with Crippen LogP contribution in [0.4, 0.5) is 0 Å². The van der Waals surface area contributed by atoms with E-state index in [0.29, 0.717) is 18.8 Å². The highest BCUT2D eigenvalue weighted by Gasteiger charge is 2.08. The number of hydrogen-bond acceptors (Lipinski definition) is 2. The van der Waals surface area contributed by atoms with Gasteiger partial charge in [0.25, 0.3) is 5.91 Å². The van der Waals surface area contributed by atoms with Crippen molar-refractivity contribution in [2.24, 2.45) is 5.73 Å². The van der Waals surface area contributed by atoms with E-state index in [1.807, 2.05) is 31.2 Å². The quantitative estimate of drug-likeness (QED) is 0.699. The van der Waals surface area contributed by atoms with Gasteiger partial charge in [0.05, 0.1) is 0 Å². The summed E-state index contributed by atoms with van der Waals surface area (Å²) in [5.41, 5.74) is 8.14. The number of nitrogens with one attached hydrogen (secondary N) is 2. The van der Waals surface area contributed by atoms with Crippen molar-refractivity contribution in [3.8, 4) is 0 Å². The molecule has 0 saturated carbocycles. The summed E-state index contributed by atoms with van der Waals surface area (Å²) in [7, 11) is 0. The van der Waals surface area contributed by atoms with Crippen LogP contribution in [0.15, 0.2) is 24.3 Å². The molecule has 0 aliphatic heterocycles. The van der Waals surface area contributed by atoms with Crippen LogP contribution in [0.3, 0.4) is 0 Å². The minimum absolute atomic E-state index is 0.0766. The van der Waals surface area contributed by atoms with E-state index in [1.165, 1.54) is 5.56 Å². The molecule has 0 bridgehead atoms. The first-order valence-corrected chi connectivity index (χ1v) is 5.78. The molecule has 1 aromatic heterocycles. The number of nitrogens with two attached hydrogens (primary N) is 1. The first-order chi connectivity index (χ1) is 8.20. The van der Waals surface area contributed by atoms with Crippen LogP contribution < -0.4 is 11.1 Å². The third-order valence-electron chi connectivity index (χ3n) is 2.69. The van der Waals surface area contributed by atoms with E-state index in [9.17, 15) is 4.79 Å². The normalized spacial score (nSPS) is 10.7. The fourth-order valence-electron chi connectivity index (χ4n) is 1.76. The van der Waals surface area contributed by atoms with Gasteiger partial charge in [0.2, 0.25) is 0 Å². The Kier molecular flexibility index (Phi) is 3.44. The van der Waals surface area contributed by atoms with Gasteiger partial charge in [0.1, 0.15) is 5.69 Å². The van der Waals surface area contributed by atoms with E-state index in [4.69, 9.17) is 5.73 Å². The number of carbonyl (C=O) groups excluding carboxylic acids is 1. The number of aromatic amines is 1. The summed E-state index contributed by atoms with van der Waals surface area (Å²) in [6.07, 6.45) is 0.797. The largest absolute Gasteiger partial charge is 0.351 e. The number of aryl methyl sites for hydroxylation is 1. The zero-order valence-electron chi connectivity index (χ0n) is 9.92. The van der Waals surface area contributed by atoms with Crippen LogP contribution in [-0.4, -0.2) is 24.0 Å². The predicted octanol–water partition coefficient (Wildman–Crippen LogP) is 1.55. The number of aromatic nitrogens is 1. The van der Waals surface area contributed by atoms with Gasteiger partial charge in [-0.25, -0.2) is 0 Å². The third kappa shape index (κ3) is 2.65. The van der Waals surface area contributed by atoms with Crippen LogP contribution in [0.5, 0.6) is 0 Å². The van der Waals surface area contributed by atoms with Gasteiger partial charge in [-0.1, -0.05) is 12.1 Å². The maximum Gasteiger partial charge on any atom is 0.267 e. The predicted molar refractivity (Wildman–Crippen MR) is 69.0 cm³/mol. The van der Waals surface area contributed by atoms with Gasteiger partial charge < -0.3 is 16.0 Å². The van der Waals surface area contributed by atoms with Crippen molar-refractivity contribution in [1.82, 2.24) is 10.3 Å². The van der Waals surface area contributed by atoms with Gasteiger partial charge in [-0.05, 0) is 37.6 Å². The minimum atomic E-state index is -0.0766. The second-order valence-corrected chi connectivity index (χ2v) is 4.17. The zero-order valence-corrected chi connectivity index (χ0v) is 9.92. The van der Waals surface area contributed by atoms with Crippen molar-refractivity contribution in [2.45, 2.75) is 13.3 Å². The number of H-pyrrole nitrogens is 1. The molecule has 0 spiro atoms. The van der Waals surface area contributed by atoms with Crippen LogP contribution >= 0.6 is 0 Å². The van der Waals surface area contributed by atoms with Gasteiger partial charge in [-0.15, -0.1) is 0 Å². The van der Waals surface area contributed by atoms with E-state index in [1.54, 1.807) is 0 Å². The van der Waals surface area contributed by atoms with Crippen molar-refractivity contribution in [2.75, 3.05) is 13.1 Å². The molecule has 1 heterocycles. The number of carbonyl (C=O) groups is 1. The number of hydrogen-bond donors (Lipinski definition) is 3. The molecule has 4 N–H and O–H groups in total. The van der Waals surface area contributed by atoms with Crippen LogP contribution in [-0.2, 0) is 0 Å². The van der Waals surface area contributed by atoms with Gasteiger partial charge >= 0.3 is 0 Å². The molecule has 2 rings (SSSR count). The molecular formula is C13H17N3O. The second kappa shape index (κ2) is 5.01. The van der Waals surface area contributed by atoms with E-state index in [2.05, 4.69) is 10.3 Å². The van der Waals surface area contributed by atoms with Gasteiger partial charge in [-0.3, -0.25) is 4.79 Å². The Balaban J connectivity index is 2.15. The summed E-state index contributed by atoms with van der Waals surface area (Å²) < 4.78 is 0. The maximum atomic E-state index is 11.8. The first-order valence-electron chi connectivity index (χ1n) is 5.78. The second-order valence-electron chi connectivity index (χ2n) is 4.17. The van der Waals surface area contributed by atoms with Gasteiger partial charge in [0, 0.05) is 17.4 Å². The summed E-state index contributed by atoms with van der Waals surface area (Å²) >= 11 is 0. The zero-order chi connectivity index (χ0) is 12.3. The topological polar surface area (TPSA) is 70.9 Å².